The van der Waals surface area contributed by atoms with E-state index in [1.54, 1.807) is 4.90 Å². The van der Waals surface area contributed by atoms with Crippen molar-refractivity contribution in [1.82, 2.24) is 10.2 Å². The molecule has 2 amide bonds. The van der Waals surface area contributed by atoms with E-state index in [9.17, 15) is 9.59 Å². The Hall–Kier alpha value is -1.26. The van der Waals surface area contributed by atoms with Gasteiger partial charge < -0.3 is 15.3 Å². The number of hydrogen-bond donors (Lipinski definition) is 2. The number of hydrogen-bond acceptors (Lipinski definition) is 2. The van der Waals surface area contributed by atoms with Crippen LogP contribution in [-0.4, -0.2) is 41.1 Å². The van der Waals surface area contributed by atoms with Gasteiger partial charge in [-0.05, 0) is 32.6 Å². The van der Waals surface area contributed by atoms with Crippen molar-refractivity contribution in [2.75, 3.05) is 13.1 Å². The van der Waals surface area contributed by atoms with E-state index in [0.717, 1.165) is 0 Å². The van der Waals surface area contributed by atoms with E-state index >= 15 is 0 Å². The standard InChI is InChI=1S/C14H26N2O3/c1-3-16(10-9-13(17)18)14(19)15-11(2)12-7-5-4-6-8-12/h11-12H,3-10H2,1-2H3,(H,15,19)(H,17,18). The Labute approximate surface area is 115 Å². The fraction of sp³-hybridized carbons (Fsp3) is 0.857. The van der Waals surface area contributed by atoms with Crippen LogP contribution in [0.5, 0.6) is 0 Å². The number of carbonyl (C=O) groups excluding carboxylic acids is 1. The number of aliphatic carboxylic acids is 1. The van der Waals surface area contributed by atoms with Gasteiger partial charge in [0.15, 0.2) is 0 Å². The third kappa shape index (κ3) is 5.49. The molecule has 0 spiro atoms. The van der Waals surface area contributed by atoms with Crippen LogP contribution in [0.4, 0.5) is 4.79 Å². The highest BCUT2D eigenvalue weighted by molar-refractivity contribution is 5.75. The highest BCUT2D eigenvalue weighted by Crippen LogP contribution is 2.26. The van der Waals surface area contributed by atoms with Crippen LogP contribution in [0.25, 0.3) is 0 Å². The molecular formula is C14H26N2O3. The van der Waals surface area contributed by atoms with Crippen molar-refractivity contribution < 1.29 is 14.7 Å². The molecular weight excluding hydrogens is 244 g/mol. The monoisotopic (exact) mass is 270 g/mol. The van der Waals surface area contributed by atoms with Crippen LogP contribution in [0.15, 0.2) is 0 Å². The molecule has 0 aromatic rings. The summed E-state index contributed by atoms with van der Waals surface area (Å²) in [5.41, 5.74) is 0. The first kappa shape index (κ1) is 15.8. The van der Waals surface area contributed by atoms with Gasteiger partial charge in [0.1, 0.15) is 0 Å². The number of carboxylic acids is 1. The molecule has 5 heteroatoms. The van der Waals surface area contributed by atoms with Gasteiger partial charge in [-0.25, -0.2) is 4.79 Å². The molecule has 1 fully saturated rings. The zero-order valence-corrected chi connectivity index (χ0v) is 12.0. The number of carboxylic acid groups (broad SMARTS) is 1. The maximum atomic E-state index is 12.1. The third-order valence-electron chi connectivity index (χ3n) is 3.97. The average Bonchev–Trinajstić information content (AvgIpc) is 2.40. The van der Waals surface area contributed by atoms with Crippen LogP contribution in [0, 0.1) is 5.92 Å². The Bertz CT molecular complexity index is 301. The van der Waals surface area contributed by atoms with E-state index in [1.165, 1.54) is 32.1 Å². The van der Waals surface area contributed by atoms with E-state index < -0.39 is 5.97 Å². The second-order valence-corrected chi connectivity index (χ2v) is 5.36. The average molecular weight is 270 g/mol. The predicted molar refractivity (Wildman–Crippen MR) is 74.1 cm³/mol. The number of carbonyl (C=O) groups is 2. The van der Waals surface area contributed by atoms with E-state index in [-0.39, 0.29) is 25.0 Å². The first-order valence-corrected chi connectivity index (χ1v) is 7.31. The first-order valence-electron chi connectivity index (χ1n) is 7.31. The van der Waals surface area contributed by atoms with Crippen molar-refractivity contribution >= 4 is 12.0 Å². The van der Waals surface area contributed by atoms with Gasteiger partial charge in [-0.3, -0.25) is 4.79 Å². The molecule has 1 aliphatic rings. The van der Waals surface area contributed by atoms with E-state index in [2.05, 4.69) is 12.2 Å². The van der Waals surface area contributed by atoms with Gasteiger partial charge in [0, 0.05) is 19.1 Å². The molecule has 5 nitrogen and oxygen atoms in total. The molecule has 1 atom stereocenters. The lowest BCUT2D eigenvalue weighted by Crippen LogP contribution is -2.47. The Balaban J connectivity index is 2.39. The van der Waals surface area contributed by atoms with Crippen molar-refractivity contribution in [2.45, 2.75) is 58.4 Å². The summed E-state index contributed by atoms with van der Waals surface area (Å²) in [7, 11) is 0. The number of nitrogens with one attached hydrogen (secondary N) is 1. The van der Waals surface area contributed by atoms with Crippen LogP contribution in [0.2, 0.25) is 0 Å². The van der Waals surface area contributed by atoms with Crippen LogP contribution < -0.4 is 5.32 Å². The van der Waals surface area contributed by atoms with Crippen molar-refractivity contribution in [3.8, 4) is 0 Å². The molecule has 110 valence electrons. The Kier molecular flexibility index (Phi) is 6.67. The van der Waals surface area contributed by atoms with Gasteiger partial charge in [-0.2, -0.15) is 0 Å². The summed E-state index contributed by atoms with van der Waals surface area (Å²) < 4.78 is 0. The number of nitrogens with zero attached hydrogens (tertiary/aromatic N) is 1. The van der Waals surface area contributed by atoms with Gasteiger partial charge in [0.25, 0.3) is 0 Å². The summed E-state index contributed by atoms with van der Waals surface area (Å²) >= 11 is 0. The third-order valence-corrected chi connectivity index (χ3v) is 3.97. The molecule has 1 saturated carbocycles. The molecule has 1 rings (SSSR count). The first-order chi connectivity index (χ1) is 9.04. The van der Waals surface area contributed by atoms with Crippen molar-refractivity contribution in [1.29, 1.82) is 0 Å². The van der Waals surface area contributed by atoms with Crippen LogP contribution in [0.3, 0.4) is 0 Å². The highest BCUT2D eigenvalue weighted by atomic mass is 16.4. The number of urea groups is 1. The smallest absolute Gasteiger partial charge is 0.317 e. The molecule has 0 aromatic carbocycles. The Morgan fingerprint density at radius 1 is 1.32 bits per heavy atom. The zero-order chi connectivity index (χ0) is 14.3. The SMILES string of the molecule is CCN(CCC(=O)O)C(=O)NC(C)C1CCCCC1. The Morgan fingerprint density at radius 2 is 1.95 bits per heavy atom. The molecule has 19 heavy (non-hydrogen) atoms. The molecule has 1 aliphatic carbocycles. The fourth-order valence-electron chi connectivity index (χ4n) is 2.67. The Morgan fingerprint density at radius 3 is 2.47 bits per heavy atom. The molecule has 0 bridgehead atoms. The predicted octanol–water partition coefficient (Wildman–Crippen LogP) is 2.46. The molecule has 0 aliphatic heterocycles. The van der Waals surface area contributed by atoms with Gasteiger partial charge in [0.05, 0.1) is 6.42 Å². The number of amides is 2. The summed E-state index contributed by atoms with van der Waals surface area (Å²) in [6, 6.07) is 0.0356. The quantitative estimate of drug-likeness (QED) is 0.779. The van der Waals surface area contributed by atoms with Crippen LogP contribution >= 0.6 is 0 Å². The fourth-order valence-corrected chi connectivity index (χ4v) is 2.67. The highest BCUT2D eigenvalue weighted by Gasteiger charge is 2.23. The van der Waals surface area contributed by atoms with Crippen molar-refractivity contribution in [3.05, 3.63) is 0 Å². The van der Waals surface area contributed by atoms with Crippen LogP contribution in [-0.2, 0) is 4.79 Å². The van der Waals surface area contributed by atoms with E-state index in [4.69, 9.17) is 5.11 Å². The zero-order valence-electron chi connectivity index (χ0n) is 12.0. The second kappa shape index (κ2) is 8.02. The topological polar surface area (TPSA) is 69.6 Å². The molecule has 1 unspecified atom stereocenters. The van der Waals surface area contributed by atoms with E-state index in [0.29, 0.717) is 12.5 Å². The van der Waals surface area contributed by atoms with Crippen molar-refractivity contribution in [3.63, 3.8) is 0 Å². The minimum atomic E-state index is -0.869. The van der Waals surface area contributed by atoms with Crippen molar-refractivity contribution in [2.24, 2.45) is 5.92 Å². The molecule has 2 N–H and O–H groups in total. The molecule has 0 saturated heterocycles. The lowest BCUT2D eigenvalue weighted by molar-refractivity contribution is -0.137. The second-order valence-electron chi connectivity index (χ2n) is 5.36. The van der Waals surface area contributed by atoms with Gasteiger partial charge in [0.2, 0.25) is 0 Å². The maximum Gasteiger partial charge on any atom is 0.317 e. The minimum Gasteiger partial charge on any atom is -0.481 e. The van der Waals surface area contributed by atoms with Crippen LogP contribution in [0.1, 0.15) is 52.4 Å². The summed E-state index contributed by atoms with van der Waals surface area (Å²) in [5, 5.41) is 11.7. The van der Waals surface area contributed by atoms with Gasteiger partial charge in [-0.1, -0.05) is 19.3 Å². The summed E-state index contributed by atoms with van der Waals surface area (Å²) in [6.07, 6.45) is 6.17. The van der Waals surface area contributed by atoms with E-state index in [1.807, 2.05) is 6.92 Å². The molecule has 0 heterocycles. The summed E-state index contributed by atoms with van der Waals surface area (Å²) in [5.74, 6) is -0.303. The summed E-state index contributed by atoms with van der Waals surface area (Å²) in [4.78, 5) is 24.2. The number of rotatable bonds is 6. The molecule has 0 aromatic heterocycles. The lowest BCUT2D eigenvalue weighted by Gasteiger charge is -2.30. The normalized spacial score (nSPS) is 17.8. The lowest BCUT2D eigenvalue weighted by atomic mass is 9.84. The van der Waals surface area contributed by atoms with Gasteiger partial charge in [-0.15, -0.1) is 0 Å². The van der Waals surface area contributed by atoms with Gasteiger partial charge >= 0.3 is 12.0 Å². The largest absolute Gasteiger partial charge is 0.481 e. The maximum absolute atomic E-state index is 12.1. The summed E-state index contributed by atoms with van der Waals surface area (Å²) in [6.45, 7) is 4.73. The minimum absolute atomic E-state index is 0.000923. The molecule has 0 radical (unpaired) electrons.